The van der Waals surface area contributed by atoms with Crippen molar-refractivity contribution in [1.82, 2.24) is 19.6 Å². The van der Waals surface area contributed by atoms with Crippen LogP contribution in [0.15, 0.2) is 41.0 Å². The van der Waals surface area contributed by atoms with Crippen molar-refractivity contribution in [2.75, 3.05) is 11.5 Å². The van der Waals surface area contributed by atoms with Crippen molar-refractivity contribution < 1.29 is 33.7 Å². The number of nitrogens with one attached hydrogen (secondary N) is 1. The van der Waals surface area contributed by atoms with Crippen LogP contribution in [0.2, 0.25) is 0 Å². The van der Waals surface area contributed by atoms with Crippen molar-refractivity contribution in [1.29, 1.82) is 0 Å². The number of carboxylic acids is 1. The number of nitrogens with two attached hydrogens (primary N) is 1. The minimum atomic E-state index is -1.48. The molecule has 1 aliphatic carbocycles. The van der Waals surface area contributed by atoms with E-state index >= 15 is 0 Å². The van der Waals surface area contributed by atoms with Gasteiger partial charge in [-0.3, -0.25) is 19.3 Å². The Hall–Kier alpha value is -3.85. The SMILES string of the molecule is CC(=O)c1cc[n+](CC2=C(C(=O)[O-])N3C(=O)C(NC(=O)/C(=N\OC4CCCC4)c4nsc(N)n4)[C@H]3SC2)cc1. The van der Waals surface area contributed by atoms with Gasteiger partial charge in [0.05, 0.1) is 11.7 Å². The molecule has 39 heavy (non-hydrogen) atoms. The van der Waals surface area contributed by atoms with Gasteiger partial charge in [-0.25, -0.2) is 4.57 Å². The molecule has 2 atom stereocenters. The summed E-state index contributed by atoms with van der Waals surface area (Å²) in [5, 5.41) is 18.2. The summed E-state index contributed by atoms with van der Waals surface area (Å²) in [6.45, 7) is 1.65. The van der Waals surface area contributed by atoms with E-state index in [2.05, 4.69) is 19.8 Å². The van der Waals surface area contributed by atoms with E-state index in [4.69, 9.17) is 10.6 Å². The Kier molecular flexibility index (Phi) is 7.61. The number of carbonyl (C=O) groups is 4. The molecule has 1 saturated heterocycles. The molecule has 15 heteroatoms. The molecular weight excluding hydrogens is 546 g/mol. The summed E-state index contributed by atoms with van der Waals surface area (Å²) in [7, 11) is 0. The lowest BCUT2D eigenvalue weighted by Crippen LogP contribution is -2.71. The van der Waals surface area contributed by atoms with Gasteiger partial charge in [0.2, 0.25) is 11.5 Å². The number of β-lactam (4-membered cyclic amide) rings is 1. The van der Waals surface area contributed by atoms with Crippen LogP contribution in [0.1, 0.15) is 48.8 Å². The van der Waals surface area contributed by atoms with Gasteiger partial charge in [0, 0.05) is 40.6 Å². The Morgan fingerprint density at radius 2 is 2.00 bits per heavy atom. The summed E-state index contributed by atoms with van der Waals surface area (Å²) in [6, 6.07) is 2.29. The third kappa shape index (κ3) is 5.49. The quantitative estimate of drug-likeness (QED) is 0.129. The number of pyridine rings is 1. The van der Waals surface area contributed by atoms with Gasteiger partial charge in [-0.05, 0) is 32.6 Å². The van der Waals surface area contributed by atoms with Crippen LogP contribution < -0.4 is 20.7 Å². The zero-order valence-electron chi connectivity index (χ0n) is 20.9. The van der Waals surface area contributed by atoms with Crippen molar-refractivity contribution in [3.8, 4) is 0 Å². The largest absolute Gasteiger partial charge is 0.543 e. The standard InChI is InChI=1S/C24H25N7O6S2/c1-12(32)13-6-8-30(9-7-13)10-14-11-38-22-17(21(34)31(22)18(14)23(35)36)26-20(33)16(19-27-24(25)39-29-19)28-37-15-4-2-3-5-15/h6-9,15,17,22H,2-5,10-11H2,1H3,(H3-,25,26,27,29,33,35,36)/b28-16-/t17?,22-/m1/s1. The van der Waals surface area contributed by atoms with Crippen molar-refractivity contribution >= 4 is 57.7 Å². The maximum atomic E-state index is 13.2. The first-order chi connectivity index (χ1) is 18.7. The molecule has 0 bridgehead atoms. The maximum absolute atomic E-state index is 13.2. The van der Waals surface area contributed by atoms with E-state index in [1.54, 1.807) is 29.1 Å². The number of hydrogen-bond donors (Lipinski definition) is 2. The summed E-state index contributed by atoms with van der Waals surface area (Å²) in [5.41, 5.74) is 6.27. The fourth-order valence-electron chi connectivity index (χ4n) is 4.66. The Balaban J connectivity index is 1.32. The highest BCUT2D eigenvalue weighted by atomic mass is 32.2. The Morgan fingerprint density at radius 1 is 1.28 bits per heavy atom. The van der Waals surface area contributed by atoms with E-state index in [1.165, 1.54) is 18.7 Å². The molecule has 0 spiro atoms. The molecule has 1 saturated carbocycles. The number of Topliss-reactive ketones (excluding diaryl/α,β-unsaturated/α-hetero) is 1. The number of fused-ring (bicyclic) bond motifs is 1. The third-order valence-electron chi connectivity index (χ3n) is 6.66. The van der Waals surface area contributed by atoms with Crippen molar-refractivity contribution in [3.05, 3.63) is 47.2 Å². The molecule has 2 fully saturated rings. The van der Waals surface area contributed by atoms with E-state index in [-0.39, 0.29) is 40.8 Å². The second kappa shape index (κ2) is 11.1. The summed E-state index contributed by atoms with van der Waals surface area (Å²) < 4.78 is 5.77. The van der Waals surface area contributed by atoms with E-state index in [0.29, 0.717) is 16.9 Å². The molecule has 2 aromatic heterocycles. The van der Waals surface area contributed by atoms with Gasteiger partial charge in [0.25, 0.3) is 11.8 Å². The second-order valence-electron chi connectivity index (χ2n) is 9.32. The molecule has 0 aromatic carbocycles. The molecule has 13 nitrogen and oxygen atoms in total. The summed E-state index contributed by atoms with van der Waals surface area (Å²) in [4.78, 5) is 60.6. The second-order valence-corrected chi connectivity index (χ2v) is 11.2. The first-order valence-corrected chi connectivity index (χ1v) is 14.1. The number of aliphatic carboxylic acids is 1. The lowest BCUT2D eigenvalue weighted by atomic mass is 10.0. The van der Waals surface area contributed by atoms with Crippen LogP contribution in [0.5, 0.6) is 0 Å². The topological polar surface area (TPSA) is 184 Å². The smallest absolute Gasteiger partial charge is 0.278 e. The summed E-state index contributed by atoms with van der Waals surface area (Å²) in [5.74, 6) is -2.60. The molecule has 4 heterocycles. The number of hydrogen-bond acceptors (Lipinski definition) is 12. The zero-order valence-corrected chi connectivity index (χ0v) is 22.5. The summed E-state index contributed by atoms with van der Waals surface area (Å²) >= 11 is 2.22. The number of anilines is 1. The number of nitrogen functional groups attached to an aromatic ring is 1. The molecular formula is C24H25N7O6S2. The number of carbonyl (C=O) groups excluding carboxylic acids is 4. The van der Waals surface area contributed by atoms with E-state index in [0.717, 1.165) is 42.1 Å². The van der Waals surface area contributed by atoms with Crippen LogP contribution in [0.4, 0.5) is 5.13 Å². The average molecular weight is 572 g/mol. The zero-order chi connectivity index (χ0) is 27.7. The van der Waals surface area contributed by atoms with Gasteiger partial charge in [-0.2, -0.15) is 9.36 Å². The number of carboxylic acid groups (broad SMARTS) is 1. The monoisotopic (exact) mass is 571 g/mol. The molecule has 0 radical (unpaired) electrons. The van der Waals surface area contributed by atoms with E-state index < -0.39 is 29.2 Å². The number of aromatic nitrogens is 3. The third-order valence-corrected chi connectivity index (χ3v) is 8.54. The lowest BCUT2D eigenvalue weighted by molar-refractivity contribution is -0.689. The molecule has 2 amide bonds. The number of rotatable bonds is 9. The number of ketones is 1. The first-order valence-electron chi connectivity index (χ1n) is 12.2. The molecule has 3 N–H and O–H groups in total. The van der Waals surface area contributed by atoms with Crippen LogP contribution in [0.25, 0.3) is 0 Å². The molecule has 204 valence electrons. The predicted octanol–water partition coefficient (Wildman–Crippen LogP) is -0.622. The van der Waals surface area contributed by atoms with Gasteiger partial charge in [-0.1, -0.05) is 5.16 Å². The molecule has 2 aliphatic heterocycles. The van der Waals surface area contributed by atoms with Crippen LogP contribution >= 0.6 is 23.3 Å². The highest BCUT2D eigenvalue weighted by molar-refractivity contribution is 8.00. The van der Waals surface area contributed by atoms with Crippen molar-refractivity contribution in [2.45, 2.75) is 56.7 Å². The highest BCUT2D eigenvalue weighted by Gasteiger charge is 2.53. The van der Waals surface area contributed by atoms with Crippen molar-refractivity contribution in [3.63, 3.8) is 0 Å². The number of thioether (sulfide) groups is 1. The molecule has 5 rings (SSSR count). The molecule has 3 aliphatic rings. The number of oxime groups is 1. The van der Waals surface area contributed by atoms with Gasteiger partial charge < -0.3 is 25.8 Å². The highest BCUT2D eigenvalue weighted by Crippen LogP contribution is 2.40. The fourth-order valence-corrected chi connectivity index (χ4v) is 6.43. The van der Waals surface area contributed by atoms with Crippen LogP contribution in [0, 0.1) is 0 Å². The normalized spacial score (nSPS) is 21.4. The maximum Gasteiger partial charge on any atom is 0.278 e. The number of amides is 2. The Bertz CT molecular complexity index is 1380. The minimum Gasteiger partial charge on any atom is -0.543 e. The molecule has 2 aromatic rings. The fraction of sp³-hybridized carbons (Fsp3) is 0.417. The van der Waals surface area contributed by atoms with Crippen LogP contribution in [-0.2, 0) is 25.8 Å². The van der Waals surface area contributed by atoms with Crippen LogP contribution in [0.3, 0.4) is 0 Å². The average Bonchev–Trinajstić information content (AvgIpc) is 3.59. The van der Waals surface area contributed by atoms with Gasteiger partial charge >= 0.3 is 0 Å². The minimum absolute atomic E-state index is 0.0154. The van der Waals surface area contributed by atoms with Gasteiger partial charge in [0.15, 0.2) is 29.9 Å². The van der Waals surface area contributed by atoms with Gasteiger partial charge in [-0.15, -0.1) is 11.8 Å². The van der Waals surface area contributed by atoms with Crippen LogP contribution in [-0.4, -0.2) is 66.8 Å². The Morgan fingerprint density at radius 3 is 2.62 bits per heavy atom. The molecule has 1 unspecified atom stereocenters. The van der Waals surface area contributed by atoms with Crippen molar-refractivity contribution in [2.24, 2.45) is 5.16 Å². The van der Waals surface area contributed by atoms with E-state index in [1.807, 2.05) is 0 Å². The lowest BCUT2D eigenvalue weighted by Gasteiger charge is -2.50. The Labute approximate surface area is 231 Å². The predicted molar refractivity (Wildman–Crippen MR) is 138 cm³/mol. The van der Waals surface area contributed by atoms with Gasteiger partial charge in [0.1, 0.15) is 17.5 Å². The summed E-state index contributed by atoms with van der Waals surface area (Å²) in [6.07, 6.45) is 6.87. The van der Waals surface area contributed by atoms with E-state index in [9.17, 15) is 24.3 Å². The number of nitrogens with zero attached hydrogens (tertiary/aromatic N) is 5. The first kappa shape index (κ1) is 26.7.